The van der Waals surface area contributed by atoms with Crippen molar-refractivity contribution in [1.29, 1.82) is 0 Å². The Balaban J connectivity index is 1.32. The molecule has 0 spiro atoms. The SMILES string of the molecule is C=CC(=O)N(C)C1CCCC=C[C@@H]2C[C@@]2(C(=O)NS(=O)(=O)C2CC2)NC(=O)[C@@H]2CC(OC(=O)N3Cc4cccc(F)c4C3)CN2C(=O)[C@@H](NC(=O)OC(C)(C)C)C1. The van der Waals surface area contributed by atoms with Gasteiger partial charge in [0.2, 0.25) is 27.7 Å². The molecule has 0 radical (unpaired) electrons. The van der Waals surface area contributed by atoms with Crippen molar-refractivity contribution >= 4 is 45.8 Å². The number of carbonyl (C=O) groups excluding carboxylic acids is 6. The molecule has 18 heteroatoms. The summed E-state index contributed by atoms with van der Waals surface area (Å²) >= 11 is 0. The number of likely N-dealkylation sites (N-methyl/N-ethyl adjacent to an activating group) is 1. The maximum atomic E-state index is 14.8. The number of hydrogen-bond acceptors (Lipinski definition) is 10. The molecule has 57 heavy (non-hydrogen) atoms. The quantitative estimate of drug-likeness (QED) is 0.272. The number of nitrogens with zero attached hydrogens (tertiary/aromatic N) is 3. The number of carbonyl (C=O) groups is 6. The lowest BCUT2D eigenvalue weighted by Gasteiger charge is -2.34. The minimum Gasteiger partial charge on any atom is -0.444 e. The van der Waals surface area contributed by atoms with E-state index < -0.39 is 98.2 Å². The second-order valence-corrected chi connectivity index (χ2v) is 18.5. The third kappa shape index (κ3) is 9.42. The number of hydrogen-bond donors (Lipinski definition) is 3. The van der Waals surface area contributed by atoms with E-state index >= 15 is 0 Å². The number of halogens is 1. The molecule has 3 fully saturated rings. The molecule has 6 rings (SSSR count). The zero-order chi connectivity index (χ0) is 41.4. The molecule has 2 unspecified atom stereocenters. The van der Waals surface area contributed by atoms with E-state index in [1.54, 1.807) is 46.0 Å². The Morgan fingerprint density at radius 1 is 1.11 bits per heavy atom. The van der Waals surface area contributed by atoms with Gasteiger partial charge in [-0.2, -0.15) is 0 Å². The van der Waals surface area contributed by atoms with Crippen molar-refractivity contribution in [2.24, 2.45) is 5.92 Å². The van der Waals surface area contributed by atoms with E-state index in [2.05, 4.69) is 21.9 Å². The molecule has 1 aromatic rings. The first-order chi connectivity index (χ1) is 26.8. The molecule has 2 aliphatic carbocycles. The maximum Gasteiger partial charge on any atom is 0.410 e. The van der Waals surface area contributed by atoms with E-state index in [-0.39, 0.29) is 38.9 Å². The van der Waals surface area contributed by atoms with Gasteiger partial charge in [0.05, 0.1) is 18.3 Å². The van der Waals surface area contributed by atoms with Gasteiger partial charge in [-0.3, -0.25) is 28.8 Å². The molecule has 0 aromatic heterocycles. The fourth-order valence-corrected chi connectivity index (χ4v) is 9.10. The average Bonchev–Trinajstić information content (AvgIpc) is 4.02. The molecule has 2 saturated carbocycles. The van der Waals surface area contributed by atoms with Gasteiger partial charge in [0.25, 0.3) is 5.91 Å². The zero-order valence-electron chi connectivity index (χ0n) is 32.6. The molecule has 6 amide bonds. The highest BCUT2D eigenvalue weighted by molar-refractivity contribution is 7.91. The van der Waals surface area contributed by atoms with Crippen molar-refractivity contribution in [2.45, 2.75) is 126 Å². The summed E-state index contributed by atoms with van der Waals surface area (Å²) in [6.07, 6.45) is 3.96. The van der Waals surface area contributed by atoms with E-state index in [0.29, 0.717) is 43.2 Å². The van der Waals surface area contributed by atoms with Crippen molar-refractivity contribution in [3.05, 3.63) is 60.0 Å². The Labute approximate surface area is 331 Å². The van der Waals surface area contributed by atoms with Crippen LogP contribution >= 0.6 is 0 Å². The van der Waals surface area contributed by atoms with Crippen LogP contribution in [0.2, 0.25) is 0 Å². The van der Waals surface area contributed by atoms with Gasteiger partial charge >= 0.3 is 12.2 Å². The van der Waals surface area contributed by atoms with Gasteiger partial charge in [-0.1, -0.05) is 30.9 Å². The number of alkyl carbamates (subject to hydrolysis) is 1. The molecule has 6 atom stereocenters. The minimum absolute atomic E-state index is 0.0450. The summed E-state index contributed by atoms with van der Waals surface area (Å²) in [4.78, 5) is 86.4. The molecular weight excluding hydrogens is 764 g/mol. The van der Waals surface area contributed by atoms with E-state index in [4.69, 9.17) is 9.47 Å². The van der Waals surface area contributed by atoms with Crippen LogP contribution in [0.25, 0.3) is 0 Å². The fraction of sp³-hybridized carbons (Fsp3) is 0.590. The van der Waals surface area contributed by atoms with E-state index in [1.165, 1.54) is 20.8 Å². The lowest BCUT2D eigenvalue weighted by Crippen LogP contribution is -2.59. The highest BCUT2D eigenvalue weighted by Gasteiger charge is 2.62. The molecule has 5 aliphatic rings. The Bertz CT molecular complexity index is 1970. The smallest absolute Gasteiger partial charge is 0.410 e. The Morgan fingerprint density at radius 2 is 1.84 bits per heavy atom. The summed E-state index contributed by atoms with van der Waals surface area (Å²) in [6, 6.07) is 1.25. The standard InChI is InChI=1S/C39H51FN6O10S/c1-6-32(47)44(5)25-13-9-7-8-12-24-19-39(24,35(50)43-57(53,54)27-15-16-27)42-33(48)31-18-26(55-37(52)45-20-23-11-10-14-29(40)28(23)22-45)21-46(31)34(49)30(17-25)41-36(51)56-38(2,3)4/h6,8,10-12,14,24-27,30-31H,1,7,9,13,15-22H2,2-5H3,(H,41,51)(H,42,48)(H,43,50)/t24-,25?,26?,30+,31+,39-/m1/s1. The number of fused-ring (bicyclic) bond motifs is 3. The first-order valence-electron chi connectivity index (χ1n) is 19.3. The Hall–Kier alpha value is -5.00. The van der Waals surface area contributed by atoms with Gasteiger partial charge < -0.3 is 29.9 Å². The lowest BCUT2D eigenvalue weighted by molar-refractivity contribution is -0.141. The first-order valence-corrected chi connectivity index (χ1v) is 20.8. The van der Waals surface area contributed by atoms with Crippen molar-refractivity contribution in [3.63, 3.8) is 0 Å². The number of ether oxygens (including phenoxy) is 2. The van der Waals surface area contributed by atoms with Crippen LogP contribution in [0, 0.1) is 11.7 Å². The van der Waals surface area contributed by atoms with Crippen molar-refractivity contribution in [1.82, 2.24) is 30.1 Å². The predicted octanol–water partition coefficient (Wildman–Crippen LogP) is 2.77. The Morgan fingerprint density at radius 3 is 2.51 bits per heavy atom. The summed E-state index contributed by atoms with van der Waals surface area (Å²) in [5.41, 5.74) is -1.61. The van der Waals surface area contributed by atoms with Crippen molar-refractivity contribution in [3.8, 4) is 0 Å². The Kier molecular flexibility index (Phi) is 11.8. The molecule has 3 heterocycles. The molecule has 3 N–H and O–H groups in total. The van der Waals surface area contributed by atoms with Crippen LogP contribution in [0.4, 0.5) is 14.0 Å². The monoisotopic (exact) mass is 814 g/mol. The fourth-order valence-electron chi connectivity index (χ4n) is 7.74. The highest BCUT2D eigenvalue weighted by Crippen LogP contribution is 2.46. The van der Waals surface area contributed by atoms with Gasteiger partial charge in [0, 0.05) is 37.5 Å². The largest absolute Gasteiger partial charge is 0.444 e. The van der Waals surface area contributed by atoms with Gasteiger partial charge in [-0.15, -0.1) is 0 Å². The minimum atomic E-state index is -3.98. The van der Waals surface area contributed by atoms with Gasteiger partial charge in [0.15, 0.2) is 0 Å². The number of nitrogens with one attached hydrogen (secondary N) is 3. The molecular formula is C39H51FN6O10S. The van der Waals surface area contributed by atoms with E-state index in [0.717, 1.165) is 6.08 Å². The summed E-state index contributed by atoms with van der Waals surface area (Å²) in [5, 5.41) is 4.71. The topological polar surface area (TPSA) is 201 Å². The van der Waals surface area contributed by atoms with Crippen LogP contribution in [0.1, 0.15) is 83.3 Å². The number of rotatable bonds is 7. The van der Waals surface area contributed by atoms with Gasteiger partial charge in [0.1, 0.15) is 35.1 Å². The van der Waals surface area contributed by atoms with Crippen LogP contribution in [0.3, 0.4) is 0 Å². The van der Waals surface area contributed by atoms with Crippen molar-refractivity contribution < 1.29 is 51.0 Å². The number of sulfonamides is 1. The molecule has 1 aromatic carbocycles. The molecule has 1 saturated heterocycles. The third-order valence-electron chi connectivity index (χ3n) is 11.1. The first kappa shape index (κ1) is 41.6. The second-order valence-electron chi connectivity index (χ2n) is 16.5. The molecule has 0 bridgehead atoms. The second kappa shape index (κ2) is 16.1. The normalized spacial score (nSPS) is 27.7. The summed E-state index contributed by atoms with van der Waals surface area (Å²) < 4.78 is 53.7. The van der Waals surface area contributed by atoms with Crippen LogP contribution in [0.5, 0.6) is 0 Å². The van der Waals surface area contributed by atoms with Gasteiger partial charge in [-0.25, -0.2) is 22.4 Å². The highest BCUT2D eigenvalue weighted by atomic mass is 32.2. The zero-order valence-corrected chi connectivity index (χ0v) is 33.4. The van der Waals surface area contributed by atoms with Crippen LogP contribution in [-0.4, -0.2) is 113 Å². The average molecular weight is 815 g/mol. The van der Waals surface area contributed by atoms with Crippen LogP contribution in [0.15, 0.2) is 43.0 Å². The predicted molar refractivity (Wildman–Crippen MR) is 203 cm³/mol. The number of allylic oxidation sites excluding steroid dienone is 1. The van der Waals surface area contributed by atoms with Gasteiger partial charge in [-0.05, 0) is 83.4 Å². The lowest BCUT2D eigenvalue weighted by atomic mass is 9.98. The summed E-state index contributed by atoms with van der Waals surface area (Å²) in [7, 11) is -2.42. The van der Waals surface area contributed by atoms with Crippen molar-refractivity contribution in [2.75, 3.05) is 13.6 Å². The van der Waals surface area contributed by atoms with Crippen LogP contribution < -0.4 is 15.4 Å². The van der Waals surface area contributed by atoms with Crippen LogP contribution in [-0.2, 0) is 51.8 Å². The summed E-state index contributed by atoms with van der Waals surface area (Å²) in [6.45, 7) is 8.28. The molecule has 16 nitrogen and oxygen atoms in total. The number of benzene rings is 1. The molecule has 3 aliphatic heterocycles. The summed E-state index contributed by atoms with van der Waals surface area (Å²) in [5.74, 6) is -3.88. The third-order valence-corrected chi connectivity index (χ3v) is 12.9. The number of amides is 6. The van der Waals surface area contributed by atoms with E-state index in [9.17, 15) is 41.6 Å². The van der Waals surface area contributed by atoms with E-state index in [1.807, 2.05) is 6.08 Å². The molecule has 310 valence electrons. The maximum absolute atomic E-state index is 14.8.